The molecule has 1 rings (SSSR count). The molecule has 3 heteroatoms. The van der Waals surface area contributed by atoms with Gasteiger partial charge in [-0.25, -0.2) is 4.39 Å². The first-order chi connectivity index (χ1) is 5.20. The number of carbonyl (C=O) groups excluding carboxylic acids is 1. The number of pyridine rings is 1. The van der Waals surface area contributed by atoms with Crippen LogP contribution in [0.5, 0.6) is 0 Å². The Bertz CT molecular complexity index is 273. The van der Waals surface area contributed by atoms with Gasteiger partial charge in [0, 0.05) is 6.20 Å². The van der Waals surface area contributed by atoms with Gasteiger partial charge < -0.3 is 0 Å². The molecule has 0 aliphatic carbocycles. The van der Waals surface area contributed by atoms with Gasteiger partial charge in [-0.15, -0.1) is 0 Å². The van der Waals surface area contributed by atoms with Crippen LogP contribution in [0.25, 0.3) is 0 Å². The van der Waals surface area contributed by atoms with Crippen molar-refractivity contribution < 1.29 is 9.18 Å². The van der Waals surface area contributed by atoms with Gasteiger partial charge in [0.1, 0.15) is 11.6 Å². The number of rotatable bonds is 2. The van der Waals surface area contributed by atoms with Gasteiger partial charge in [-0.2, -0.15) is 0 Å². The molecule has 0 aromatic carbocycles. The first-order valence-corrected chi connectivity index (χ1v) is 3.29. The molecule has 0 bridgehead atoms. The third-order valence-corrected chi connectivity index (χ3v) is 1.25. The van der Waals surface area contributed by atoms with Crippen molar-refractivity contribution in [1.29, 1.82) is 0 Å². The summed E-state index contributed by atoms with van der Waals surface area (Å²) in [5.74, 6) is -0.495. The summed E-state index contributed by atoms with van der Waals surface area (Å²) < 4.78 is 12.7. The van der Waals surface area contributed by atoms with Gasteiger partial charge in [0.05, 0.1) is 12.1 Å². The molecule has 58 valence electrons. The maximum atomic E-state index is 12.7. The van der Waals surface area contributed by atoms with Crippen LogP contribution in [0.2, 0.25) is 0 Å². The second-order valence-electron chi connectivity index (χ2n) is 2.31. The van der Waals surface area contributed by atoms with E-state index in [1.807, 2.05) is 0 Å². The SMILES string of the molecule is CC(=O)Cc1ncccc1F. The Morgan fingerprint density at radius 3 is 3.00 bits per heavy atom. The number of halogens is 1. The second-order valence-corrected chi connectivity index (χ2v) is 2.31. The van der Waals surface area contributed by atoms with Crippen LogP contribution in [-0.4, -0.2) is 10.8 Å². The number of ketones is 1. The predicted octanol–water partition coefficient (Wildman–Crippen LogP) is 1.35. The molecule has 0 saturated heterocycles. The fourth-order valence-corrected chi connectivity index (χ4v) is 0.784. The third kappa shape index (κ3) is 2.11. The van der Waals surface area contributed by atoms with Crippen molar-refractivity contribution in [3.8, 4) is 0 Å². The summed E-state index contributed by atoms with van der Waals surface area (Å²) in [5, 5.41) is 0. The summed E-state index contributed by atoms with van der Waals surface area (Å²) in [6.07, 6.45) is 1.55. The molecule has 1 aromatic rings. The number of aromatic nitrogens is 1. The van der Waals surface area contributed by atoms with Crippen molar-refractivity contribution in [3.63, 3.8) is 0 Å². The Hall–Kier alpha value is -1.25. The molecular weight excluding hydrogens is 145 g/mol. The van der Waals surface area contributed by atoms with E-state index in [4.69, 9.17) is 0 Å². The van der Waals surface area contributed by atoms with Gasteiger partial charge >= 0.3 is 0 Å². The molecule has 11 heavy (non-hydrogen) atoms. The molecular formula is C8H8FNO. The van der Waals surface area contributed by atoms with Crippen LogP contribution in [0, 0.1) is 5.82 Å². The van der Waals surface area contributed by atoms with E-state index in [9.17, 15) is 9.18 Å². The third-order valence-electron chi connectivity index (χ3n) is 1.25. The zero-order valence-corrected chi connectivity index (χ0v) is 6.17. The zero-order valence-electron chi connectivity index (χ0n) is 6.17. The lowest BCUT2D eigenvalue weighted by Crippen LogP contribution is -2.01. The van der Waals surface area contributed by atoms with Crippen molar-refractivity contribution in [1.82, 2.24) is 4.98 Å². The summed E-state index contributed by atoms with van der Waals surface area (Å²) in [6.45, 7) is 1.41. The lowest BCUT2D eigenvalue weighted by atomic mass is 10.2. The first-order valence-electron chi connectivity index (χ1n) is 3.29. The minimum absolute atomic E-state index is 0.0761. The molecule has 0 N–H and O–H groups in total. The van der Waals surface area contributed by atoms with Crippen molar-refractivity contribution in [2.45, 2.75) is 13.3 Å². The minimum atomic E-state index is -0.414. The number of hydrogen-bond donors (Lipinski definition) is 0. The molecule has 1 aromatic heterocycles. The Morgan fingerprint density at radius 1 is 1.73 bits per heavy atom. The molecule has 0 spiro atoms. The van der Waals surface area contributed by atoms with Gasteiger partial charge in [-0.05, 0) is 19.1 Å². The fourth-order valence-electron chi connectivity index (χ4n) is 0.784. The van der Waals surface area contributed by atoms with Crippen LogP contribution in [0.1, 0.15) is 12.6 Å². The van der Waals surface area contributed by atoms with Crippen molar-refractivity contribution in [2.75, 3.05) is 0 Å². The Morgan fingerprint density at radius 2 is 2.45 bits per heavy atom. The maximum absolute atomic E-state index is 12.7. The standard InChI is InChI=1S/C8H8FNO/c1-6(11)5-8-7(9)3-2-4-10-8/h2-4H,5H2,1H3. The number of nitrogens with zero attached hydrogens (tertiary/aromatic N) is 1. The highest BCUT2D eigenvalue weighted by Crippen LogP contribution is 2.02. The van der Waals surface area contributed by atoms with Gasteiger partial charge in [0.25, 0.3) is 0 Å². The molecule has 0 aliphatic rings. The number of Topliss-reactive ketones (excluding diaryl/α,β-unsaturated/α-hetero) is 1. The molecule has 2 nitrogen and oxygen atoms in total. The molecule has 0 amide bonds. The van der Waals surface area contributed by atoms with E-state index in [1.54, 1.807) is 0 Å². The topological polar surface area (TPSA) is 30.0 Å². The van der Waals surface area contributed by atoms with Crippen molar-refractivity contribution >= 4 is 5.78 Å². The Balaban J connectivity index is 2.86. The average molecular weight is 153 g/mol. The van der Waals surface area contributed by atoms with E-state index < -0.39 is 5.82 Å². The molecule has 0 aliphatic heterocycles. The van der Waals surface area contributed by atoms with Crippen LogP contribution in [0.4, 0.5) is 4.39 Å². The van der Waals surface area contributed by atoms with Crippen molar-refractivity contribution in [3.05, 3.63) is 29.8 Å². The summed E-state index contributed by atoms with van der Waals surface area (Å²) in [5.41, 5.74) is 0.222. The summed E-state index contributed by atoms with van der Waals surface area (Å²) in [7, 11) is 0. The van der Waals surface area contributed by atoms with Crippen LogP contribution < -0.4 is 0 Å². The fraction of sp³-hybridized carbons (Fsp3) is 0.250. The summed E-state index contributed by atoms with van der Waals surface area (Å²) in [6, 6.07) is 2.80. The van der Waals surface area contributed by atoms with E-state index in [0.717, 1.165) is 0 Å². The molecule has 0 radical (unpaired) electrons. The van der Waals surface area contributed by atoms with E-state index >= 15 is 0 Å². The smallest absolute Gasteiger partial charge is 0.145 e. The van der Waals surface area contributed by atoms with E-state index in [-0.39, 0.29) is 17.9 Å². The highest BCUT2D eigenvalue weighted by Gasteiger charge is 2.03. The molecule has 0 saturated carbocycles. The quantitative estimate of drug-likeness (QED) is 0.642. The normalized spacial score (nSPS) is 9.64. The molecule has 0 atom stereocenters. The minimum Gasteiger partial charge on any atom is -0.300 e. The van der Waals surface area contributed by atoms with Crippen LogP contribution >= 0.6 is 0 Å². The van der Waals surface area contributed by atoms with Crippen LogP contribution in [-0.2, 0) is 11.2 Å². The molecule has 0 unspecified atom stereocenters. The van der Waals surface area contributed by atoms with Gasteiger partial charge in [-0.3, -0.25) is 9.78 Å². The Labute approximate surface area is 64.1 Å². The zero-order chi connectivity index (χ0) is 8.27. The van der Waals surface area contributed by atoms with Crippen LogP contribution in [0.15, 0.2) is 18.3 Å². The van der Waals surface area contributed by atoms with Crippen molar-refractivity contribution in [2.24, 2.45) is 0 Å². The van der Waals surface area contributed by atoms with Gasteiger partial charge in [0.2, 0.25) is 0 Å². The lowest BCUT2D eigenvalue weighted by Gasteiger charge is -1.96. The predicted molar refractivity (Wildman–Crippen MR) is 38.6 cm³/mol. The average Bonchev–Trinajstić information content (AvgIpc) is 1.93. The molecule has 0 fully saturated rings. The largest absolute Gasteiger partial charge is 0.300 e. The molecule has 1 heterocycles. The maximum Gasteiger partial charge on any atom is 0.145 e. The number of hydrogen-bond acceptors (Lipinski definition) is 2. The van der Waals surface area contributed by atoms with Gasteiger partial charge in [0.15, 0.2) is 0 Å². The van der Waals surface area contributed by atoms with E-state index in [1.165, 1.54) is 25.3 Å². The lowest BCUT2D eigenvalue weighted by molar-refractivity contribution is -0.116. The highest BCUT2D eigenvalue weighted by molar-refractivity contribution is 5.77. The second kappa shape index (κ2) is 3.23. The monoisotopic (exact) mass is 153 g/mol. The van der Waals surface area contributed by atoms with E-state index in [2.05, 4.69) is 4.98 Å². The first kappa shape index (κ1) is 7.85. The summed E-state index contributed by atoms with van der Waals surface area (Å²) in [4.78, 5) is 14.3. The number of carbonyl (C=O) groups is 1. The highest BCUT2D eigenvalue weighted by atomic mass is 19.1. The summed E-state index contributed by atoms with van der Waals surface area (Å²) >= 11 is 0. The van der Waals surface area contributed by atoms with E-state index in [0.29, 0.717) is 0 Å². The Kier molecular flexibility index (Phi) is 2.31. The van der Waals surface area contributed by atoms with Gasteiger partial charge in [-0.1, -0.05) is 0 Å². The van der Waals surface area contributed by atoms with Crippen LogP contribution in [0.3, 0.4) is 0 Å².